The van der Waals surface area contributed by atoms with Gasteiger partial charge in [0.2, 0.25) is 0 Å². The molecule has 2 aromatic heterocycles. The molecule has 5 aromatic rings. The van der Waals surface area contributed by atoms with E-state index in [4.69, 9.17) is 4.98 Å². The van der Waals surface area contributed by atoms with Crippen LogP contribution in [0.3, 0.4) is 0 Å². The van der Waals surface area contributed by atoms with Gasteiger partial charge in [0.15, 0.2) is 11.0 Å². The van der Waals surface area contributed by atoms with Crippen LogP contribution in [-0.4, -0.2) is 19.7 Å². The van der Waals surface area contributed by atoms with E-state index in [2.05, 4.69) is 56.5 Å². The third kappa shape index (κ3) is 3.92. The molecule has 0 bridgehead atoms. The van der Waals surface area contributed by atoms with Crippen molar-refractivity contribution in [3.8, 4) is 27.6 Å². The van der Waals surface area contributed by atoms with Crippen LogP contribution in [0.4, 0.5) is 0 Å². The van der Waals surface area contributed by atoms with Gasteiger partial charge < -0.3 is 0 Å². The number of hydrogen-bond donors (Lipinski definition) is 0. The van der Waals surface area contributed by atoms with E-state index < -0.39 is 0 Å². The molecule has 0 aliphatic rings. The van der Waals surface area contributed by atoms with Crippen LogP contribution >= 0.6 is 23.1 Å². The van der Waals surface area contributed by atoms with Gasteiger partial charge in [-0.25, -0.2) is 4.98 Å². The lowest BCUT2D eigenvalue weighted by molar-refractivity contribution is 0.885. The maximum Gasteiger partial charge on any atom is 0.196 e. The zero-order valence-corrected chi connectivity index (χ0v) is 17.7. The second-order valence-corrected chi connectivity index (χ2v) is 8.44. The zero-order valence-electron chi connectivity index (χ0n) is 16.1. The quantitative estimate of drug-likeness (QED) is 0.297. The first kappa shape index (κ1) is 18.8. The normalized spacial score (nSPS) is 10.9. The summed E-state index contributed by atoms with van der Waals surface area (Å²) in [6, 6.07) is 30.7. The molecule has 3 aromatic carbocycles. The molecule has 0 saturated heterocycles. The standard InChI is InChI=1S/C24H18N4S2/c1-4-10-18(11-5-1)22-26-27-24(28(22)21-14-8-3-9-15-21)30-17-20-16-29-23(25-20)19-12-6-2-7-13-19/h1-16H,17H2. The van der Waals surface area contributed by atoms with Gasteiger partial charge in [0.1, 0.15) is 5.01 Å². The van der Waals surface area contributed by atoms with Gasteiger partial charge in [0.25, 0.3) is 0 Å². The summed E-state index contributed by atoms with van der Waals surface area (Å²) in [5.41, 5.74) is 4.29. The third-order valence-electron chi connectivity index (χ3n) is 4.60. The van der Waals surface area contributed by atoms with Gasteiger partial charge in [-0.05, 0) is 12.1 Å². The van der Waals surface area contributed by atoms with Crippen LogP contribution in [0, 0.1) is 0 Å². The van der Waals surface area contributed by atoms with Crippen LogP contribution in [0.15, 0.2) is 102 Å². The molecule has 0 saturated carbocycles. The summed E-state index contributed by atoms with van der Waals surface area (Å²) in [5.74, 6) is 1.58. The summed E-state index contributed by atoms with van der Waals surface area (Å²) in [5, 5.41) is 13.0. The van der Waals surface area contributed by atoms with Crippen molar-refractivity contribution in [2.24, 2.45) is 0 Å². The van der Waals surface area contributed by atoms with Gasteiger partial charge in [0, 0.05) is 27.9 Å². The molecule has 5 rings (SSSR count). The van der Waals surface area contributed by atoms with Gasteiger partial charge in [-0.2, -0.15) is 0 Å². The molecule has 0 aliphatic carbocycles. The van der Waals surface area contributed by atoms with E-state index in [1.807, 2.05) is 54.6 Å². The molecule has 6 heteroatoms. The van der Waals surface area contributed by atoms with Gasteiger partial charge in [-0.3, -0.25) is 4.57 Å². The molecule has 0 N–H and O–H groups in total. The Kier molecular flexibility index (Phi) is 5.42. The summed E-state index contributed by atoms with van der Waals surface area (Å²) in [6.07, 6.45) is 0. The summed E-state index contributed by atoms with van der Waals surface area (Å²) < 4.78 is 2.12. The molecule has 0 radical (unpaired) electrons. The highest BCUT2D eigenvalue weighted by Gasteiger charge is 2.16. The lowest BCUT2D eigenvalue weighted by Gasteiger charge is -2.10. The SMILES string of the molecule is c1ccc(-c2nc(CSc3nnc(-c4ccccc4)n3-c3ccccc3)cs2)cc1. The molecule has 0 unspecified atom stereocenters. The fourth-order valence-corrected chi connectivity index (χ4v) is 4.95. The number of para-hydroxylation sites is 1. The molecule has 0 atom stereocenters. The Balaban J connectivity index is 1.44. The van der Waals surface area contributed by atoms with Crippen molar-refractivity contribution in [1.82, 2.24) is 19.7 Å². The Morgan fingerprint density at radius 1 is 0.733 bits per heavy atom. The summed E-state index contributed by atoms with van der Waals surface area (Å²) in [7, 11) is 0. The molecule has 30 heavy (non-hydrogen) atoms. The van der Waals surface area contributed by atoms with Crippen molar-refractivity contribution in [3.05, 3.63) is 102 Å². The predicted octanol–water partition coefficient (Wildman–Crippen LogP) is 6.35. The summed E-state index contributed by atoms with van der Waals surface area (Å²) in [4.78, 5) is 4.80. The van der Waals surface area contributed by atoms with Crippen LogP contribution in [0.25, 0.3) is 27.6 Å². The van der Waals surface area contributed by atoms with Crippen LogP contribution < -0.4 is 0 Å². The molecule has 4 nitrogen and oxygen atoms in total. The molecule has 0 fully saturated rings. The van der Waals surface area contributed by atoms with Crippen molar-refractivity contribution in [3.63, 3.8) is 0 Å². The van der Waals surface area contributed by atoms with E-state index in [1.54, 1.807) is 23.1 Å². The number of nitrogens with zero attached hydrogens (tertiary/aromatic N) is 4. The molecular weight excluding hydrogens is 408 g/mol. The molecular formula is C24H18N4S2. The first-order chi connectivity index (χ1) is 14.9. The maximum absolute atomic E-state index is 4.80. The van der Waals surface area contributed by atoms with E-state index in [0.717, 1.165) is 44.2 Å². The van der Waals surface area contributed by atoms with Crippen molar-refractivity contribution < 1.29 is 0 Å². The van der Waals surface area contributed by atoms with E-state index in [9.17, 15) is 0 Å². The highest BCUT2D eigenvalue weighted by Crippen LogP contribution is 2.31. The number of benzene rings is 3. The Morgan fingerprint density at radius 2 is 1.37 bits per heavy atom. The van der Waals surface area contributed by atoms with Crippen molar-refractivity contribution >= 4 is 23.1 Å². The van der Waals surface area contributed by atoms with Gasteiger partial charge in [-0.15, -0.1) is 21.5 Å². The largest absolute Gasteiger partial charge is 0.270 e. The first-order valence-corrected chi connectivity index (χ1v) is 11.4. The minimum absolute atomic E-state index is 0.739. The zero-order chi connectivity index (χ0) is 20.2. The number of aromatic nitrogens is 4. The second-order valence-electron chi connectivity index (χ2n) is 6.64. The smallest absolute Gasteiger partial charge is 0.196 e. The fourth-order valence-electron chi connectivity index (χ4n) is 3.17. The summed E-state index contributed by atoms with van der Waals surface area (Å²) in [6.45, 7) is 0. The third-order valence-corrected chi connectivity index (χ3v) is 6.50. The average molecular weight is 427 g/mol. The Labute approximate surface area is 183 Å². The number of thiazole rings is 1. The highest BCUT2D eigenvalue weighted by molar-refractivity contribution is 7.98. The van der Waals surface area contributed by atoms with E-state index >= 15 is 0 Å². The highest BCUT2D eigenvalue weighted by atomic mass is 32.2. The van der Waals surface area contributed by atoms with Crippen molar-refractivity contribution in [2.45, 2.75) is 10.9 Å². The average Bonchev–Trinajstić information content (AvgIpc) is 3.47. The molecule has 2 heterocycles. The van der Waals surface area contributed by atoms with Gasteiger partial charge in [0.05, 0.1) is 5.69 Å². The number of hydrogen-bond acceptors (Lipinski definition) is 5. The van der Waals surface area contributed by atoms with Crippen LogP contribution in [0.1, 0.15) is 5.69 Å². The van der Waals surface area contributed by atoms with Crippen LogP contribution in [0.2, 0.25) is 0 Å². The van der Waals surface area contributed by atoms with E-state index in [-0.39, 0.29) is 0 Å². The van der Waals surface area contributed by atoms with Crippen molar-refractivity contribution in [1.29, 1.82) is 0 Å². The second kappa shape index (κ2) is 8.65. The minimum atomic E-state index is 0.739. The van der Waals surface area contributed by atoms with E-state index in [0.29, 0.717) is 0 Å². The molecule has 0 amide bonds. The number of rotatable bonds is 6. The minimum Gasteiger partial charge on any atom is -0.270 e. The lowest BCUT2D eigenvalue weighted by Crippen LogP contribution is -1.99. The van der Waals surface area contributed by atoms with E-state index in [1.165, 1.54) is 0 Å². The monoisotopic (exact) mass is 426 g/mol. The Hall–Kier alpha value is -3.22. The molecule has 0 spiro atoms. The predicted molar refractivity (Wildman–Crippen MR) is 124 cm³/mol. The van der Waals surface area contributed by atoms with Crippen LogP contribution in [-0.2, 0) is 5.75 Å². The Bertz CT molecular complexity index is 1230. The van der Waals surface area contributed by atoms with Crippen molar-refractivity contribution in [2.75, 3.05) is 0 Å². The van der Waals surface area contributed by atoms with Gasteiger partial charge in [-0.1, -0.05) is 90.6 Å². The Morgan fingerprint density at radius 3 is 2.07 bits per heavy atom. The maximum atomic E-state index is 4.80. The fraction of sp³-hybridized carbons (Fsp3) is 0.0417. The lowest BCUT2D eigenvalue weighted by atomic mass is 10.2. The molecule has 146 valence electrons. The topological polar surface area (TPSA) is 43.6 Å². The summed E-state index contributed by atoms with van der Waals surface area (Å²) >= 11 is 3.33. The molecule has 0 aliphatic heterocycles. The first-order valence-electron chi connectivity index (χ1n) is 9.57. The number of thioether (sulfide) groups is 1. The van der Waals surface area contributed by atoms with Gasteiger partial charge >= 0.3 is 0 Å². The van der Waals surface area contributed by atoms with Crippen LogP contribution in [0.5, 0.6) is 0 Å².